The quantitative estimate of drug-likeness (QED) is 0.820. The number of hydrogen-bond donors (Lipinski definition) is 0. The SMILES string of the molecule is Cc1cccc(CC2CCN(C3CCCCC3)C2=O)c1. The molecule has 1 amide bonds. The largest absolute Gasteiger partial charge is 0.339 e. The van der Waals surface area contributed by atoms with Crippen molar-refractivity contribution in [3.8, 4) is 0 Å². The van der Waals surface area contributed by atoms with Crippen molar-refractivity contribution in [3.05, 3.63) is 35.4 Å². The van der Waals surface area contributed by atoms with E-state index in [0.29, 0.717) is 11.9 Å². The van der Waals surface area contributed by atoms with Gasteiger partial charge in [0.25, 0.3) is 0 Å². The first-order chi connectivity index (χ1) is 9.74. The van der Waals surface area contributed by atoms with Gasteiger partial charge in [-0.1, -0.05) is 49.1 Å². The topological polar surface area (TPSA) is 20.3 Å². The standard InChI is InChI=1S/C18H25NO/c1-14-6-5-7-15(12-14)13-16-10-11-19(18(16)20)17-8-3-2-4-9-17/h5-7,12,16-17H,2-4,8-11,13H2,1H3. The molecule has 0 radical (unpaired) electrons. The fraction of sp³-hybridized carbons (Fsp3) is 0.611. The van der Waals surface area contributed by atoms with Crippen molar-refractivity contribution < 1.29 is 4.79 Å². The summed E-state index contributed by atoms with van der Waals surface area (Å²) in [5, 5.41) is 0. The van der Waals surface area contributed by atoms with Gasteiger partial charge >= 0.3 is 0 Å². The number of rotatable bonds is 3. The first kappa shape index (κ1) is 13.7. The Morgan fingerprint density at radius 1 is 1.15 bits per heavy atom. The minimum absolute atomic E-state index is 0.221. The average Bonchev–Trinajstić information content (AvgIpc) is 2.81. The molecule has 1 aliphatic carbocycles. The van der Waals surface area contributed by atoms with E-state index in [2.05, 4.69) is 36.1 Å². The molecule has 1 aliphatic heterocycles. The zero-order valence-electron chi connectivity index (χ0n) is 12.5. The van der Waals surface area contributed by atoms with E-state index in [1.165, 1.54) is 43.2 Å². The molecule has 1 unspecified atom stereocenters. The molecule has 108 valence electrons. The van der Waals surface area contributed by atoms with Gasteiger partial charge < -0.3 is 4.90 Å². The van der Waals surface area contributed by atoms with Gasteiger partial charge in [-0.15, -0.1) is 0 Å². The highest BCUT2D eigenvalue weighted by Gasteiger charge is 2.35. The number of nitrogens with zero attached hydrogens (tertiary/aromatic N) is 1. The Kier molecular flexibility index (Phi) is 4.09. The van der Waals surface area contributed by atoms with E-state index in [4.69, 9.17) is 0 Å². The molecule has 3 rings (SSSR count). The van der Waals surface area contributed by atoms with Crippen LogP contribution in [0, 0.1) is 12.8 Å². The summed E-state index contributed by atoms with van der Waals surface area (Å²) in [4.78, 5) is 14.8. The van der Waals surface area contributed by atoms with Crippen molar-refractivity contribution in [2.45, 2.75) is 57.9 Å². The molecule has 1 atom stereocenters. The maximum Gasteiger partial charge on any atom is 0.226 e. The zero-order chi connectivity index (χ0) is 13.9. The van der Waals surface area contributed by atoms with Crippen molar-refractivity contribution in [2.24, 2.45) is 5.92 Å². The van der Waals surface area contributed by atoms with Gasteiger partial charge in [-0.2, -0.15) is 0 Å². The number of aryl methyl sites for hydroxylation is 1. The molecule has 0 aromatic heterocycles. The Morgan fingerprint density at radius 3 is 2.70 bits per heavy atom. The summed E-state index contributed by atoms with van der Waals surface area (Å²) in [5.41, 5.74) is 2.60. The minimum atomic E-state index is 0.221. The third-order valence-electron chi connectivity index (χ3n) is 4.93. The third-order valence-corrected chi connectivity index (χ3v) is 4.93. The first-order valence-corrected chi connectivity index (χ1v) is 8.10. The zero-order valence-corrected chi connectivity index (χ0v) is 12.5. The van der Waals surface area contributed by atoms with Crippen LogP contribution in [0.3, 0.4) is 0 Å². The van der Waals surface area contributed by atoms with Crippen LogP contribution in [-0.4, -0.2) is 23.4 Å². The van der Waals surface area contributed by atoms with Crippen LogP contribution in [0.25, 0.3) is 0 Å². The number of carbonyl (C=O) groups is 1. The maximum absolute atomic E-state index is 12.6. The van der Waals surface area contributed by atoms with Crippen molar-refractivity contribution in [3.63, 3.8) is 0 Å². The molecule has 20 heavy (non-hydrogen) atoms. The molecular weight excluding hydrogens is 246 g/mol. The molecule has 2 nitrogen and oxygen atoms in total. The lowest BCUT2D eigenvalue weighted by atomic mass is 9.94. The normalized spacial score (nSPS) is 24.4. The van der Waals surface area contributed by atoms with E-state index in [-0.39, 0.29) is 5.92 Å². The summed E-state index contributed by atoms with van der Waals surface area (Å²) in [6.07, 6.45) is 8.37. The van der Waals surface area contributed by atoms with Crippen molar-refractivity contribution >= 4 is 5.91 Å². The predicted octanol–water partition coefficient (Wildman–Crippen LogP) is 3.72. The third kappa shape index (κ3) is 2.89. The number of benzene rings is 1. The van der Waals surface area contributed by atoms with E-state index in [9.17, 15) is 4.79 Å². The highest BCUT2D eigenvalue weighted by Crippen LogP contribution is 2.30. The summed E-state index contributed by atoms with van der Waals surface area (Å²) in [5.74, 6) is 0.636. The summed E-state index contributed by atoms with van der Waals surface area (Å²) in [7, 11) is 0. The van der Waals surface area contributed by atoms with Crippen molar-refractivity contribution in [2.75, 3.05) is 6.54 Å². The Balaban J connectivity index is 1.63. The average molecular weight is 271 g/mol. The lowest BCUT2D eigenvalue weighted by molar-refractivity contribution is -0.133. The Labute approximate surface area is 122 Å². The lowest BCUT2D eigenvalue weighted by Crippen LogP contribution is -2.39. The molecule has 1 aromatic carbocycles. The van der Waals surface area contributed by atoms with Gasteiger partial charge in [-0.05, 0) is 38.2 Å². The fourth-order valence-electron chi connectivity index (χ4n) is 3.83. The minimum Gasteiger partial charge on any atom is -0.339 e. The van der Waals surface area contributed by atoms with Gasteiger partial charge in [0.05, 0.1) is 0 Å². The molecule has 2 fully saturated rings. The van der Waals surface area contributed by atoms with E-state index >= 15 is 0 Å². The van der Waals surface area contributed by atoms with Crippen LogP contribution in [0.1, 0.15) is 49.7 Å². The van der Waals surface area contributed by atoms with Gasteiger partial charge in [-0.25, -0.2) is 0 Å². The Morgan fingerprint density at radius 2 is 1.95 bits per heavy atom. The van der Waals surface area contributed by atoms with E-state index < -0.39 is 0 Å². The van der Waals surface area contributed by atoms with Gasteiger partial charge in [0.15, 0.2) is 0 Å². The number of likely N-dealkylation sites (tertiary alicyclic amines) is 1. The van der Waals surface area contributed by atoms with Gasteiger partial charge in [0.1, 0.15) is 0 Å². The molecule has 1 saturated heterocycles. The molecule has 1 aromatic rings. The monoisotopic (exact) mass is 271 g/mol. The fourth-order valence-corrected chi connectivity index (χ4v) is 3.83. The second-order valence-electron chi connectivity index (χ2n) is 6.50. The van der Waals surface area contributed by atoms with Crippen LogP contribution < -0.4 is 0 Å². The van der Waals surface area contributed by atoms with E-state index in [1.54, 1.807) is 0 Å². The molecule has 1 saturated carbocycles. The van der Waals surface area contributed by atoms with Gasteiger partial charge in [0.2, 0.25) is 5.91 Å². The predicted molar refractivity (Wildman–Crippen MR) is 81.6 cm³/mol. The van der Waals surface area contributed by atoms with Gasteiger partial charge in [-0.3, -0.25) is 4.79 Å². The lowest BCUT2D eigenvalue weighted by Gasteiger charge is -2.31. The first-order valence-electron chi connectivity index (χ1n) is 8.10. The van der Waals surface area contributed by atoms with Crippen molar-refractivity contribution in [1.29, 1.82) is 0 Å². The summed E-state index contributed by atoms with van der Waals surface area (Å²) >= 11 is 0. The molecule has 0 spiro atoms. The molecular formula is C18H25NO. The highest BCUT2D eigenvalue weighted by molar-refractivity contribution is 5.81. The van der Waals surface area contributed by atoms with Crippen LogP contribution in [0.15, 0.2) is 24.3 Å². The summed E-state index contributed by atoms with van der Waals surface area (Å²) in [6.45, 7) is 3.11. The number of amides is 1. The molecule has 0 bridgehead atoms. The molecule has 0 N–H and O–H groups in total. The van der Waals surface area contributed by atoms with Crippen LogP contribution >= 0.6 is 0 Å². The van der Waals surface area contributed by atoms with Crippen molar-refractivity contribution in [1.82, 2.24) is 4.90 Å². The molecule has 2 aliphatic rings. The van der Waals surface area contributed by atoms with Crippen LogP contribution in [0.4, 0.5) is 0 Å². The van der Waals surface area contributed by atoms with Gasteiger partial charge in [0, 0.05) is 18.5 Å². The Hall–Kier alpha value is -1.31. The van der Waals surface area contributed by atoms with Crippen LogP contribution in [0.2, 0.25) is 0 Å². The summed E-state index contributed by atoms with van der Waals surface area (Å²) in [6, 6.07) is 9.14. The second-order valence-corrected chi connectivity index (χ2v) is 6.50. The number of carbonyl (C=O) groups excluding carboxylic acids is 1. The second kappa shape index (κ2) is 5.99. The van der Waals surface area contributed by atoms with Crippen LogP contribution in [-0.2, 0) is 11.2 Å². The summed E-state index contributed by atoms with van der Waals surface area (Å²) < 4.78 is 0. The highest BCUT2D eigenvalue weighted by atomic mass is 16.2. The molecule has 2 heteroatoms. The number of hydrogen-bond acceptors (Lipinski definition) is 1. The Bertz CT molecular complexity index is 476. The van der Waals surface area contributed by atoms with E-state index in [1.807, 2.05) is 0 Å². The van der Waals surface area contributed by atoms with E-state index in [0.717, 1.165) is 19.4 Å². The smallest absolute Gasteiger partial charge is 0.226 e. The molecule has 1 heterocycles. The maximum atomic E-state index is 12.6. The van der Waals surface area contributed by atoms with Crippen LogP contribution in [0.5, 0.6) is 0 Å².